The molecule has 1 atom stereocenters. The number of hydrogen-bond acceptors (Lipinski definition) is 6. The molecule has 1 aliphatic rings. The number of pyridine rings is 1. The SMILES string of the molecule is C[C@@H]1CN(C)CCN1C(=O)CCc1nc(-c2ccccn2)no1. The number of likely N-dealkylation sites (N-methyl/N-ethyl adjacent to an activating group) is 1. The Labute approximate surface area is 135 Å². The lowest BCUT2D eigenvalue weighted by atomic mass is 10.1. The molecule has 0 bridgehead atoms. The molecule has 0 unspecified atom stereocenters. The van der Waals surface area contributed by atoms with E-state index in [9.17, 15) is 4.79 Å². The van der Waals surface area contributed by atoms with Crippen LogP contribution < -0.4 is 0 Å². The quantitative estimate of drug-likeness (QED) is 0.844. The van der Waals surface area contributed by atoms with Crippen molar-refractivity contribution in [2.45, 2.75) is 25.8 Å². The first-order valence-electron chi connectivity index (χ1n) is 7.85. The van der Waals surface area contributed by atoms with Crippen LogP contribution in [-0.4, -0.2) is 63.6 Å². The van der Waals surface area contributed by atoms with Gasteiger partial charge in [0.1, 0.15) is 5.69 Å². The summed E-state index contributed by atoms with van der Waals surface area (Å²) in [6.07, 6.45) is 2.53. The zero-order valence-electron chi connectivity index (χ0n) is 13.5. The topological polar surface area (TPSA) is 75.4 Å². The third kappa shape index (κ3) is 3.73. The molecule has 3 rings (SSSR count). The van der Waals surface area contributed by atoms with Crippen molar-refractivity contribution in [1.82, 2.24) is 24.9 Å². The lowest BCUT2D eigenvalue weighted by Crippen LogP contribution is -2.52. The Morgan fingerprint density at radius 1 is 1.39 bits per heavy atom. The fourth-order valence-electron chi connectivity index (χ4n) is 2.82. The van der Waals surface area contributed by atoms with E-state index in [1.54, 1.807) is 6.20 Å². The molecule has 0 aromatic carbocycles. The number of aryl methyl sites for hydroxylation is 1. The fraction of sp³-hybridized carbons (Fsp3) is 0.500. The second-order valence-corrected chi connectivity index (χ2v) is 5.93. The van der Waals surface area contributed by atoms with E-state index >= 15 is 0 Å². The summed E-state index contributed by atoms with van der Waals surface area (Å²) < 4.78 is 5.22. The summed E-state index contributed by atoms with van der Waals surface area (Å²) in [5.74, 6) is 1.07. The number of hydrogen-bond donors (Lipinski definition) is 0. The van der Waals surface area contributed by atoms with Gasteiger partial charge in [-0.3, -0.25) is 9.78 Å². The maximum Gasteiger partial charge on any atom is 0.227 e. The minimum atomic E-state index is 0.142. The van der Waals surface area contributed by atoms with Gasteiger partial charge in [-0.15, -0.1) is 0 Å². The van der Waals surface area contributed by atoms with Gasteiger partial charge in [-0.1, -0.05) is 11.2 Å². The van der Waals surface area contributed by atoms with E-state index in [1.165, 1.54) is 0 Å². The Kier molecular flexibility index (Phi) is 4.66. The molecule has 7 heteroatoms. The predicted octanol–water partition coefficient (Wildman–Crippen LogP) is 1.23. The van der Waals surface area contributed by atoms with Gasteiger partial charge in [0.2, 0.25) is 17.6 Å². The molecule has 0 spiro atoms. The van der Waals surface area contributed by atoms with Crippen LogP contribution in [0.4, 0.5) is 0 Å². The summed E-state index contributed by atoms with van der Waals surface area (Å²) in [7, 11) is 2.08. The first-order chi connectivity index (χ1) is 11.1. The smallest absolute Gasteiger partial charge is 0.227 e. The van der Waals surface area contributed by atoms with E-state index in [4.69, 9.17) is 4.52 Å². The van der Waals surface area contributed by atoms with Crippen molar-refractivity contribution < 1.29 is 9.32 Å². The first kappa shape index (κ1) is 15.6. The molecule has 2 aromatic heterocycles. The monoisotopic (exact) mass is 315 g/mol. The van der Waals surface area contributed by atoms with Crippen LogP contribution in [0.2, 0.25) is 0 Å². The van der Waals surface area contributed by atoms with Crippen LogP contribution >= 0.6 is 0 Å². The summed E-state index contributed by atoms with van der Waals surface area (Å²) in [6, 6.07) is 5.77. The summed E-state index contributed by atoms with van der Waals surface area (Å²) in [6.45, 7) is 4.69. The molecular formula is C16H21N5O2. The third-order valence-corrected chi connectivity index (χ3v) is 4.07. The van der Waals surface area contributed by atoms with E-state index in [1.807, 2.05) is 23.1 Å². The Bertz CT molecular complexity index is 658. The largest absolute Gasteiger partial charge is 0.339 e. The summed E-state index contributed by atoms with van der Waals surface area (Å²) in [5.41, 5.74) is 0.668. The second-order valence-electron chi connectivity index (χ2n) is 5.93. The van der Waals surface area contributed by atoms with Gasteiger partial charge in [-0.2, -0.15) is 4.98 Å². The van der Waals surface area contributed by atoms with E-state index < -0.39 is 0 Å². The number of carbonyl (C=O) groups excluding carboxylic acids is 1. The lowest BCUT2D eigenvalue weighted by Gasteiger charge is -2.38. The predicted molar refractivity (Wildman–Crippen MR) is 84.5 cm³/mol. The number of amides is 1. The highest BCUT2D eigenvalue weighted by molar-refractivity contribution is 5.76. The van der Waals surface area contributed by atoms with Crippen LogP contribution in [0.1, 0.15) is 19.2 Å². The normalized spacial score (nSPS) is 19.0. The molecule has 7 nitrogen and oxygen atoms in total. The molecule has 3 heterocycles. The Morgan fingerprint density at radius 3 is 3.00 bits per heavy atom. The fourth-order valence-corrected chi connectivity index (χ4v) is 2.82. The highest BCUT2D eigenvalue weighted by atomic mass is 16.5. The van der Waals surface area contributed by atoms with Crippen molar-refractivity contribution in [3.63, 3.8) is 0 Å². The number of rotatable bonds is 4. The Morgan fingerprint density at radius 2 is 2.26 bits per heavy atom. The van der Waals surface area contributed by atoms with Gasteiger partial charge >= 0.3 is 0 Å². The standard InChI is InChI=1S/C16H21N5O2/c1-12-11-20(2)9-10-21(12)15(22)7-6-14-18-16(19-23-14)13-5-3-4-8-17-13/h3-5,8,12H,6-7,9-11H2,1-2H3/t12-/m1/s1. The number of carbonyl (C=O) groups is 1. The molecule has 2 aromatic rings. The van der Waals surface area contributed by atoms with Crippen molar-refractivity contribution in [2.75, 3.05) is 26.7 Å². The van der Waals surface area contributed by atoms with Crippen LogP contribution in [0.15, 0.2) is 28.9 Å². The minimum absolute atomic E-state index is 0.142. The summed E-state index contributed by atoms with van der Waals surface area (Å²) in [5, 5.41) is 3.92. The molecule has 0 aliphatic carbocycles. The van der Waals surface area contributed by atoms with Gasteiger partial charge in [-0.05, 0) is 26.1 Å². The molecule has 23 heavy (non-hydrogen) atoms. The van der Waals surface area contributed by atoms with Crippen LogP contribution in [0.5, 0.6) is 0 Å². The van der Waals surface area contributed by atoms with Crippen LogP contribution in [0.25, 0.3) is 11.5 Å². The maximum atomic E-state index is 12.4. The van der Waals surface area contributed by atoms with E-state index in [-0.39, 0.29) is 11.9 Å². The van der Waals surface area contributed by atoms with Gasteiger partial charge < -0.3 is 14.3 Å². The average molecular weight is 315 g/mol. The van der Waals surface area contributed by atoms with Gasteiger partial charge in [0.15, 0.2) is 0 Å². The zero-order chi connectivity index (χ0) is 16.2. The van der Waals surface area contributed by atoms with Gasteiger partial charge in [0.05, 0.1) is 0 Å². The van der Waals surface area contributed by atoms with Gasteiger partial charge in [0.25, 0.3) is 0 Å². The molecule has 0 radical (unpaired) electrons. The Balaban J connectivity index is 1.56. The van der Waals surface area contributed by atoms with Crippen LogP contribution in [0.3, 0.4) is 0 Å². The molecule has 0 N–H and O–H groups in total. The van der Waals surface area contributed by atoms with Crippen molar-refractivity contribution >= 4 is 5.91 Å². The van der Waals surface area contributed by atoms with Crippen molar-refractivity contribution in [3.05, 3.63) is 30.3 Å². The first-order valence-corrected chi connectivity index (χ1v) is 7.85. The summed E-state index contributed by atoms with van der Waals surface area (Å²) >= 11 is 0. The average Bonchev–Trinajstić information content (AvgIpc) is 3.02. The van der Waals surface area contributed by atoms with Crippen molar-refractivity contribution in [3.8, 4) is 11.5 Å². The van der Waals surface area contributed by atoms with Crippen molar-refractivity contribution in [1.29, 1.82) is 0 Å². The van der Waals surface area contributed by atoms with E-state index in [2.05, 4.69) is 34.0 Å². The van der Waals surface area contributed by atoms with Gasteiger partial charge in [-0.25, -0.2) is 0 Å². The van der Waals surface area contributed by atoms with Crippen LogP contribution in [0, 0.1) is 0 Å². The zero-order valence-corrected chi connectivity index (χ0v) is 13.5. The number of aromatic nitrogens is 3. The van der Waals surface area contributed by atoms with Crippen molar-refractivity contribution in [2.24, 2.45) is 0 Å². The van der Waals surface area contributed by atoms with Crippen LogP contribution in [-0.2, 0) is 11.2 Å². The molecule has 122 valence electrons. The molecule has 1 amide bonds. The van der Waals surface area contributed by atoms with Gasteiger partial charge in [0, 0.05) is 44.7 Å². The molecule has 1 aliphatic heterocycles. The summed E-state index contributed by atoms with van der Waals surface area (Å²) in [4.78, 5) is 25.0. The Hall–Kier alpha value is -2.28. The molecule has 1 fully saturated rings. The number of piperazine rings is 1. The molecule has 0 saturated carbocycles. The third-order valence-electron chi connectivity index (χ3n) is 4.07. The van der Waals surface area contributed by atoms with E-state index in [0.29, 0.717) is 30.3 Å². The minimum Gasteiger partial charge on any atom is -0.339 e. The highest BCUT2D eigenvalue weighted by Gasteiger charge is 2.25. The number of nitrogens with zero attached hydrogens (tertiary/aromatic N) is 5. The second kappa shape index (κ2) is 6.87. The highest BCUT2D eigenvalue weighted by Crippen LogP contribution is 2.14. The maximum absolute atomic E-state index is 12.4. The lowest BCUT2D eigenvalue weighted by molar-refractivity contribution is -0.135. The molecular weight excluding hydrogens is 294 g/mol. The molecule has 1 saturated heterocycles. The van der Waals surface area contributed by atoms with E-state index in [0.717, 1.165) is 19.6 Å².